The molecule has 0 unspecified atom stereocenters. The molecule has 1 N–H and O–H groups in total. The van der Waals surface area contributed by atoms with Gasteiger partial charge in [0.25, 0.3) is 0 Å². The maximum absolute atomic E-state index is 8.36. The van der Waals surface area contributed by atoms with Crippen LogP contribution in [0.25, 0.3) is 0 Å². The Balaban J connectivity index is 2.28. The Morgan fingerprint density at radius 3 is 3.00 bits per heavy atom. The maximum Gasteiger partial charge on any atom is 0.503 e. The molecule has 1 aliphatic carbocycles. The van der Waals surface area contributed by atoms with Crippen LogP contribution < -0.4 is 0 Å². The summed E-state index contributed by atoms with van der Waals surface area (Å²) in [5, 5.41) is 8.36. The van der Waals surface area contributed by atoms with E-state index < -0.39 is 0 Å². The van der Waals surface area contributed by atoms with Crippen molar-refractivity contribution in [1.82, 2.24) is 0 Å². The van der Waals surface area contributed by atoms with E-state index in [-0.39, 0.29) is 7.69 Å². The van der Waals surface area contributed by atoms with Crippen LogP contribution in [0.1, 0.15) is 25.7 Å². The maximum atomic E-state index is 8.36. The van der Waals surface area contributed by atoms with Gasteiger partial charge in [-0.2, -0.15) is 0 Å². The van der Waals surface area contributed by atoms with Gasteiger partial charge < -0.3 is 9.68 Å². The average molecular weight is 126 g/mol. The van der Waals surface area contributed by atoms with Crippen molar-refractivity contribution in [3.63, 3.8) is 0 Å². The number of hydrogen-bond acceptors (Lipinski definition) is 2. The van der Waals surface area contributed by atoms with Gasteiger partial charge in [0.15, 0.2) is 0 Å². The van der Waals surface area contributed by atoms with Gasteiger partial charge in [0, 0.05) is 6.42 Å². The first-order chi connectivity index (χ1) is 4.43. The zero-order valence-corrected chi connectivity index (χ0v) is 5.47. The molecule has 0 fully saturated rings. The van der Waals surface area contributed by atoms with Gasteiger partial charge in [-0.05, 0) is 25.3 Å². The van der Waals surface area contributed by atoms with Crippen molar-refractivity contribution in [2.75, 3.05) is 0 Å². The quantitative estimate of drug-likeness (QED) is 0.552. The van der Waals surface area contributed by atoms with E-state index in [1.807, 2.05) is 0 Å². The molecule has 1 aliphatic rings. The summed E-state index contributed by atoms with van der Waals surface area (Å²) in [5.74, 6) is 0.962. The van der Waals surface area contributed by atoms with Crippen molar-refractivity contribution < 1.29 is 9.68 Å². The van der Waals surface area contributed by atoms with E-state index in [1.54, 1.807) is 0 Å². The molecule has 0 aromatic rings. The molecule has 0 spiro atoms. The summed E-state index contributed by atoms with van der Waals surface area (Å²) in [5.41, 5.74) is 0. The molecule has 0 atom stereocenters. The summed E-state index contributed by atoms with van der Waals surface area (Å²) >= 11 is 0. The van der Waals surface area contributed by atoms with Crippen LogP contribution in [-0.4, -0.2) is 12.7 Å². The van der Waals surface area contributed by atoms with Crippen LogP contribution in [-0.2, 0) is 4.65 Å². The van der Waals surface area contributed by atoms with Crippen LogP contribution in [0.15, 0.2) is 11.8 Å². The fourth-order valence-electron chi connectivity index (χ4n) is 1.02. The Morgan fingerprint density at radius 2 is 2.44 bits per heavy atom. The van der Waals surface area contributed by atoms with E-state index in [4.69, 9.17) is 9.68 Å². The molecular weight excluding hydrogens is 115 g/mol. The summed E-state index contributed by atoms with van der Waals surface area (Å²) < 4.78 is 4.90. The number of rotatable bonds is 2. The average Bonchev–Trinajstić information content (AvgIpc) is 1.91. The second kappa shape index (κ2) is 3.56. The zero-order chi connectivity index (χ0) is 6.53. The third-order valence-electron chi connectivity index (χ3n) is 1.50. The largest absolute Gasteiger partial charge is 0.542 e. The van der Waals surface area contributed by atoms with E-state index in [1.165, 1.54) is 12.8 Å². The smallest absolute Gasteiger partial charge is 0.503 e. The van der Waals surface area contributed by atoms with Crippen molar-refractivity contribution in [3.05, 3.63) is 11.8 Å². The molecule has 2 nitrogen and oxygen atoms in total. The Morgan fingerprint density at radius 1 is 1.56 bits per heavy atom. The Kier molecular flexibility index (Phi) is 2.65. The first kappa shape index (κ1) is 6.68. The molecule has 0 amide bonds. The first-order valence-corrected chi connectivity index (χ1v) is 3.36. The fraction of sp³-hybridized carbons (Fsp3) is 0.667. The predicted molar refractivity (Wildman–Crippen MR) is 37.0 cm³/mol. The van der Waals surface area contributed by atoms with Crippen molar-refractivity contribution in [2.24, 2.45) is 0 Å². The molecular formula is C6H11BO2. The van der Waals surface area contributed by atoms with E-state index in [9.17, 15) is 0 Å². The molecule has 3 heteroatoms. The van der Waals surface area contributed by atoms with Crippen LogP contribution in [0.2, 0.25) is 0 Å². The lowest BCUT2D eigenvalue weighted by molar-refractivity contribution is 0.342. The highest BCUT2D eigenvalue weighted by molar-refractivity contribution is 6.16. The van der Waals surface area contributed by atoms with Gasteiger partial charge in [-0.15, -0.1) is 0 Å². The molecule has 0 radical (unpaired) electrons. The monoisotopic (exact) mass is 126 g/mol. The summed E-state index contributed by atoms with van der Waals surface area (Å²) in [7, 11) is -0.175. The Hall–Kier alpha value is -0.435. The summed E-state index contributed by atoms with van der Waals surface area (Å²) in [6.45, 7) is 0. The van der Waals surface area contributed by atoms with E-state index >= 15 is 0 Å². The third-order valence-corrected chi connectivity index (χ3v) is 1.50. The van der Waals surface area contributed by atoms with Crippen molar-refractivity contribution in [3.8, 4) is 0 Å². The SMILES string of the molecule is OBOC1=CCCCC1. The van der Waals surface area contributed by atoms with Crippen LogP contribution >= 0.6 is 0 Å². The van der Waals surface area contributed by atoms with Crippen LogP contribution in [0.5, 0.6) is 0 Å². The van der Waals surface area contributed by atoms with Crippen molar-refractivity contribution >= 4 is 7.69 Å². The van der Waals surface area contributed by atoms with Gasteiger partial charge in [0.1, 0.15) is 0 Å². The summed E-state index contributed by atoms with van der Waals surface area (Å²) in [4.78, 5) is 0. The highest BCUT2D eigenvalue weighted by Crippen LogP contribution is 2.16. The molecule has 9 heavy (non-hydrogen) atoms. The van der Waals surface area contributed by atoms with Crippen LogP contribution in [0, 0.1) is 0 Å². The molecule has 0 bridgehead atoms. The van der Waals surface area contributed by atoms with E-state index in [2.05, 4.69) is 6.08 Å². The second-order valence-electron chi connectivity index (χ2n) is 2.19. The topological polar surface area (TPSA) is 29.5 Å². The lowest BCUT2D eigenvalue weighted by Crippen LogP contribution is -2.00. The second-order valence-corrected chi connectivity index (χ2v) is 2.19. The molecule has 0 heterocycles. The Bertz CT molecular complexity index is 112. The molecule has 50 valence electrons. The van der Waals surface area contributed by atoms with Gasteiger partial charge in [-0.25, -0.2) is 0 Å². The molecule has 0 saturated heterocycles. The van der Waals surface area contributed by atoms with Gasteiger partial charge in [0.05, 0.1) is 5.76 Å². The summed E-state index contributed by atoms with van der Waals surface area (Å²) in [6, 6.07) is 0. The molecule has 0 saturated carbocycles. The van der Waals surface area contributed by atoms with Crippen molar-refractivity contribution in [1.29, 1.82) is 0 Å². The fourth-order valence-corrected chi connectivity index (χ4v) is 1.02. The highest BCUT2D eigenvalue weighted by Gasteiger charge is 2.02. The third kappa shape index (κ3) is 2.10. The van der Waals surface area contributed by atoms with Crippen molar-refractivity contribution in [2.45, 2.75) is 25.7 Å². The minimum Gasteiger partial charge on any atom is -0.542 e. The van der Waals surface area contributed by atoms with Gasteiger partial charge in [-0.3, -0.25) is 0 Å². The minimum atomic E-state index is -0.175. The minimum absolute atomic E-state index is 0.175. The number of hydrogen-bond donors (Lipinski definition) is 1. The van der Waals surface area contributed by atoms with Crippen LogP contribution in [0.4, 0.5) is 0 Å². The summed E-state index contributed by atoms with van der Waals surface area (Å²) in [6.07, 6.45) is 6.62. The lowest BCUT2D eigenvalue weighted by atomic mass is 10.1. The van der Waals surface area contributed by atoms with Crippen LogP contribution in [0.3, 0.4) is 0 Å². The first-order valence-electron chi connectivity index (χ1n) is 3.36. The number of allylic oxidation sites excluding steroid dienone is 2. The molecule has 0 aliphatic heterocycles. The predicted octanol–water partition coefficient (Wildman–Crippen LogP) is 0.720. The van der Waals surface area contributed by atoms with Gasteiger partial charge in [-0.1, -0.05) is 0 Å². The van der Waals surface area contributed by atoms with Gasteiger partial charge in [0.2, 0.25) is 0 Å². The lowest BCUT2D eigenvalue weighted by Gasteiger charge is -2.11. The zero-order valence-electron chi connectivity index (χ0n) is 5.47. The molecule has 1 rings (SSSR count). The molecule has 0 aromatic carbocycles. The Labute approximate surface area is 55.8 Å². The van der Waals surface area contributed by atoms with E-state index in [0.717, 1.165) is 18.6 Å². The van der Waals surface area contributed by atoms with Gasteiger partial charge >= 0.3 is 7.69 Å². The normalized spacial score (nSPS) is 18.6. The highest BCUT2D eigenvalue weighted by atomic mass is 16.5. The molecule has 0 aromatic heterocycles. The van der Waals surface area contributed by atoms with E-state index in [0.29, 0.717) is 0 Å². The standard InChI is InChI=1S/C6H11BO2/c8-7-9-6-4-2-1-3-5-6/h4,7-8H,1-3,5H2.